The molecule has 164 valence electrons. The minimum atomic E-state index is -1.05. The van der Waals surface area contributed by atoms with E-state index in [1.165, 1.54) is 6.07 Å². The van der Waals surface area contributed by atoms with Crippen molar-refractivity contribution < 1.29 is 19.6 Å². The number of hydrogen-bond acceptors (Lipinski definition) is 5. The van der Waals surface area contributed by atoms with Crippen LogP contribution in [0.4, 0.5) is 11.4 Å². The Bertz CT molecular complexity index is 1330. The number of nitro benzene ring substituents is 1. The average molecular weight is 440 g/mol. The lowest BCUT2D eigenvalue weighted by Gasteiger charge is -2.53. The van der Waals surface area contributed by atoms with Gasteiger partial charge < -0.3 is 5.11 Å². The number of aliphatic hydroxyl groups excluding tert-OH is 1. The van der Waals surface area contributed by atoms with E-state index in [0.29, 0.717) is 5.56 Å². The van der Waals surface area contributed by atoms with Gasteiger partial charge in [0.1, 0.15) is 0 Å². The Kier molecular flexibility index (Phi) is 3.95. The molecule has 0 aromatic heterocycles. The quantitative estimate of drug-likeness (QED) is 0.382. The highest BCUT2D eigenvalue weighted by molar-refractivity contribution is 6.24. The highest BCUT2D eigenvalue weighted by atomic mass is 16.6. The van der Waals surface area contributed by atoms with Crippen LogP contribution in [0.25, 0.3) is 0 Å². The van der Waals surface area contributed by atoms with Gasteiger partial charge >= 0.3 is 0 Å². The molecule has 3 aromatic rings. The molecule has 7 heteroatoms. The maximum absolute atomic E-state index is 13.9. The fourth-order valence-electron chi connectivity index (χ4n) is 6.39. The first-order valence-electron chi connectivity index (χ1n) is 10.8. The summed E-state index contributed by atoms with van der Waals surface area (Å²) in [7, 11) is 0. The Morgan fingerprint density at radius 1 is 0.970 bits per heavy atom. The number of benzene rings is 3. The summed E-state index contributed by atoms with van der Waals surface area (Å²) in [5, 5.41) is 22.3. The lowest BCUT2D eigenvalue weighted by atomic mass is 9.47. The maximum atomic E-state index is 13.9. The lowest BCUT2D eigenvalue weighted by Crippen LogP contribution is -2.55. The summed E-state index contributed by atoms with van der Waals surface area (Å²) in [6, 6.07) is 19.8. The zero-order chi connectivity index (χ0) is 23.1. The van der Waals surface area contributed by atoms with Gasteiger partial charge in [0.05, 0.1) is 34.5 Å². The van der Waals surface area contributed by atoms with Gasteiger partial charge in [-0.2, -0.15) is 0 Å². The van der Waals surface area contributed by atoms with Crippen molar-refractivity contribution in [3.63, 3.8) is 0 Å². The Labute approximate surface area is 189 Å². The second kappa shape index (κ2) is 6.59. The highest BCUT2D eigenvalue weighted by Gasteiger charge is 2.68. The van der Waals surface area contributed by atoms with Gasteiger partial charge in [-0.1, -0.05) is 54.6 Å². The van der Waals surface area contributed by atoms with E-state index in [9.17, 15) is 24.8 Å². The van der Waals surface area contributed by atoms with E-state index in [4.69, 9.17) is 0 Å². The van der Waals surface area contributed by atoms with Crippen LogP contribution in [0.2, 0.25) is 0 Å². The molecule has 0 radical (unpaired) electrons. The summed E-state index contributed by atoms with van der Waals surface area (Å²) in [5.41, 5.74) is 3.09. The smallest absolute Gasteiger partial charge is 0.274 e. The molecule has 2 amide bonds. The fourth-order valence-corrected chi connectivity index (χ4v) is 6.39. The van der Waals surface area contributed by atoms with Gasteiger partial charge in [-0.25, -0.2) is 4.90 Å². The molecule has 4 aliphatic rings. The van der Waals surface area contributed by atoms with Crippen LogP contribution in [0.3, 0.4) is 0 Å². The van der Waals surface area contributed by atoms with Gasteiger partial charge in [-0.3, -0.25) is 19.7 Å². The van der Waals surface area contributed by atoms with E-state index in [1.54, 1.807) is 19.1 Å². The molecular formula is C26H20N2O5. The summed E-state index contributed by atoms with van der Waals surface area (Å²) in [6.45, 7) is 1.29. The van der Waals surface area contributed by atoms with Gasteiger partial charge in [0.2, 0.25) is 11.8 Å². The number of imide groups is 1. The van der Waals surface area contributed by atoms with E-state index in [0.717, 1.165) is 27.2 Å². The van der Waals surface area contributed by atoms with Crippen LogP contribution in [0.15, 0.2) is 66.7 Å². The molecular weight excluding hydrogens is 420 g/mol. The molecule has 0 unspecified atom stereocenters. The van der Waals surface area contributed by atoms with Crippen molar-refractivity contribution in [1.82, 2.24) is 0 Å². The Morgan fingerprint density at radius 3 is 2.15 bits per heavy atom. The van der Waals surface area contributed by atoms with Crippen molar-refractivity contribution in [3.05, 3.63) is 105 Å². The van der Waals surface area contributed by atoms with E-state index < -0.39 is 28.1 Å². The molecule has 2 atom stereocenters. The molecule has 7 nitrogen and oxygen atoms in total. The van der Waals surface area contributed by atoms with Crippen molar-refractivity contribution in [2.24, 2.45) is 11.8 Å². The van der Waals surface area contributed by atoms with Crippen LogP contribution in [-0.2, 0) is 15.0 Å². The van der Waals surface area contributed by atoms with E-state index >= 15 is 0 Å². The molecule has 1 aliphatic heterocycles. The molecule has 1 heterocycles. The normalized spacial score (nSPS) is 26.7. The number of hydrogen-bond donors (Lipinski definition) is 1. The van der Waals surface area contributed by atoms with Crippen LogP contribution in [0, 0.1) is 28.9 Å². The third-order valence-corrected chi connectivity index (χ3v) is 7.69. The van der Waals surface area contributed by atoms with Crippen LogP contribution in [0.5, 0.6) is 0 Å². The molecule has 3 aliphatic carbocycles. The van der Waals surface area contributed by atoms with Crippen molar-refractivity contribution >= 4 is 23.2 Å². The van der Waals surface area contributed by atoms with Gasteiger partial charge in [0, 0.05) is 17.5 Å². The molecule has 2 bridgehead atoms. The molecule has 1 saturated heterocycles. The minimum absolute atomic E-state index is 0.144. The number of nitro groups is 1. The first-order chi connectivity index (χ1) is 15.9. The van der Waals surface area contributed by atoms with Crippen molar-refractivity contribution in [3.8, 4) is 0 Å². The largest absolute Gasteiger partial charge is 0.395 e. The first kappa shape index (κ1) is 19.8. The summed E-state index contributed by atoms with van der Waals surface area (Å²) in [6.07, 6.45) is 0. The van der Waals surface area contributed by atoms with E-state index in [1.807, 2.05) is 48.5 Å². The van der Waals surface area contributed by atoms with Crippen molar-refractivity contribution in [2.75, 3.05) is 11.5 Å². The topological polar surface area (TPSA) is 101 Å². The number of rotatable bonds is 3. The van der Waals surface area contributed by atoms with Gasteiger partial charge in [0.25, 0.3) is 5.69 Å². The summed E-state index contributed by atoms with van der Waals surface area (Å²) >= 11 is 0. The molecule has 1 fully saturated rings. The number of nitrogens with zero attached hydrogens (tertiary/aromatic N) is 2. The second-order valence-corrected chi connectivity index (χ2v) is 9.02. The summed E-state index contributed by atoms with van der Waals surface area (Å²) in [5.74, 6) is -2.60. The number of carbonyl (C=O) groups excluding carboxylic acids is 2. The van der Waals surface area contributed by atoms with Crippen molar-refractivity contribution in [1.29, 1.82) is 0 Å². The van der Waals surface area contributed by atoms with Gasteiger partial charge in [-0.15, -0.1) is 0 Å². The van der Waals surface area contributed by atoms with Crippen molar-refractivity contribution in [2.45, 2.75) is 18.3 Å². The van der Waals surface area contributed by atoms with Gasteiger partial charge in [0.15, 0.2) is 0 Å². The Morgan fingerprint density at radius 2 is 1.58 bits per heavy atom. The Hall–Kier alpha value is -3.84. The SMILES string of the molecule is Cc1ccc(N2C(=O)[C@H]3C4c5ccccc5C(CO)(c5ccccc54)[C@H]3C2=O)cc1[N+](=O)[O-]. The number of carbonyl (C=O) groups is 2. The molecule has 0 spiro atoms. The molecule has 3 aromatic carbocycles. The third-order valence-electron chi connectivity index (χ3n) is 7.69. The number of anilines is 1. The molecule has 0 saturated carbocycles. The van der Waals surface area contributed by atoms with E-state index in [-0.39, 0.29) is 29.8 Å². The number of aryl methyl sites for hydroxylation is 1. The fraction of sp³-hybridized carbons (Fsp3) is 0.231. The average Bonchev–Trinajstić information content (AvgIpc) is 3.10. The molecule has 1 N–H and O–H groups in total. The van der Waals surface area contributed by atoms with E-state index in [2.05, 4.69) is 0 Å². The lowest BCUT2D eigenvalue weighted by molar-refractivity contribution is -0.385. The van der Waals surface area contributed by atoms with Crippen LogP contribution >= 0.6 is 0 Å². The minimum Gasteiger partial charge on any atom is -0.395 e. The van der Waals surface area contributed by atoms with Crippen LogP contribution in [0.1, 0.15) is 33.7 Å². The van der Waals surface area contributed by atoms with Crippen LogP contribution < -0.4 is 4.90 Å². The summed E-state index contributed by atoms with van der Waals surface area (Å²) in [4.78, 5) is 39.8. The Balaban J connectivity index is 1.60. The number of amides is 2. The summed E-state index contributed by atoms with van der Waals surface area (Å²) < 4.78 is 0. The number of aliphatic hydroxyl groups is 1. The standard InChI is InChI=1S/C26H20N2O5/c1-14-10-11-15(12-20(14)28(32)33)27-24(30)22-21-16-6-2-4-8-18(16)26(13-29,23(22)25(27)31)19-9-5-3-7-17(19)21/h2-12,21-23,29H,13H2,1H3/t21?,22-,23+,26?/m0/s1. The van der Waals surface area contributed by atoms with Gasteiger partial charge in [-0.05, 0) is 35.2 Å². The predicted octanol–water partition coefficient (Wildman–Crippen LogP) is 3.45. The molecule has 33 heavy (non-hydrogen) atoms. The maximum Gasteiger partial charge on any atom is 0.274 e. The monoisotopic (exact) mass is 440 g/mol. The predicted molar refractivity (Wildman–Crippen MR) is 120 cm³/mol. The molecule has 7 rings (SSSR count). The highest BCUT2D eigenvalue weighted by Crippen LogP contribution is 2.64. The second-order valence-electron chi connectivity index (χ2n) is 9.02. The zero-order valence-electron chi connectivity index (χ0n) is 17.8. The first-order valence-corrected chi connectivity index (χ1v) is 10.8. The third kappa shape index (κ3) is 2.27. The van der Waals surface area contributed by atoms with Crippen LogP contribution in [-0.4, -0.2) is 28.5 Å². The zero-order valence-corrected chi connectivity index (χ0v) is 17.8.